The number of anilines is 1. The maximum Gasteiger partial charge on any atom is 0.272 e. The third-order valence-corrected chi connectivity index (χ3v) is 3.87. The van der Waals surface area contributed by atoms with E-state index in [0.717, 1.165) is 11.4 Å². The summed E-state index contributed by atoms with van der Waals surface area (Å²) in [5.41, 5.74) is 2.52. The van der Waals surface area contributed by atoms with Crippen LogP contribution in [0.1, 0.15) is 34.9 Å². The van der Waals surface area contributed by atoms with Gasteiger partial charge in [-0.15, -0.1) is 11.3 Å². The van der Waals surface area contributed by atoms with Gasteiger partial charge in [0.05, 0.1) is 11.1 Å². The van der Waals surface area contributed by atoms with Crippen LogP contribution in [0.25, 0.3) is 0 Å². The molecule has 2 aromatic rings. The summed E-state index contributed by atoms with van der Waals surface area (Å²) in [6.45, 7) is 1.97. The van der Waals surface area contributed by atoms with E-state index in [1.807, 2.05) is 12.3 Å². The molecular weight excluding hydrogens is 298 g/mol. The van der Waals surface area contributed by atoms with E-state index in [-0.39, 0.29) is 22.7 Å². The summed E-state index contributed by atoms with van der Waals surface area (Å²) in [4.78, 5) is 20.5. The maximum atomic E-state index is 12.2. The van der Waals surface area contributed by atoms with Crippen molar-refractivity contribution in [2.75, 3.05) is 5.43 Å². The zero-order valence-corrected chi connectivity index (χ0v) is 12.3. The molecule has 1 amide bonds. The molecule has 0 fully saturated rings. The summed E-state index contributed by atoms with van der Waals surface area (Å²) in [6.07, 6.45) is 2.44. The Hall–Kier alpha value is -1.70. The summed E-state index contributed by atoms with van der Waals surface area (Å²) in [5, 5.41) is 5.87. The molecule has 6 nitrogen and oxygen atoms in total. The van der Waals surface area contributed by atoms with Crippen LogP contribution in [0, 0.1) is 0 Å². The van der Waals surface area contributed by atoms with Crippen LogP contribution in [-0.4, -0.2) is 15.9 Å². The second kappa shape index (κ2) is 6.65. The first-order valence-electron chi connectivity index (χ1n) is 5.99. The van der Waals surface area contributed by atoms with Gasteiger partial charge >= 0.3 is 0 Å². The first-order chi connectivity index (χ1) is 9.65. The number of nitrogen functional groups attached to an aromatic ring is 1. The molecule has 0 aromatic carbocycles. The van der Waals surface area contributed by atoms with Crippen molar-refractivity contribution in [3.63, 3.8) is 0 Å². The quantitative estimate of drug-likeness (QED) is 0.582. The standard InChI is InChI=1S/C12H14ClN5OS/c1-2-8(12-15-5-6-20-12)16-11(19)10-7(13)3-4-9(17-10)18-14/h3-6,8H,2,14H2,1H3,(H,16,19)(H,17,18). The Balaban J connectivity index is 2.19. The number of carbonyl (C=O) groups is 1. The summed E-state index contributed by atoms with van der Waals surface area (Å²) in [5.74, 6) is 5.30. The average molecular weight is 312 g/mol. The number of nitrogens with zero attached hydrogens (tertiary/aromatic N) is 2. The van der Waals surface area contributed by atoms with Crippen LogP contribution in [0.15, 0.2) is 23.7 Å². The van der Waals surface area contributed by atoms with Gasteiger partial charge in [-0.25, -0.2) is 15.8 Å². The van der Waals surface area contributed by atoms with Crippen LogP contribution in [0.5, 0.6) is 0 Å². The van der Waals surface area contributed by atoms with Crippen LogP contribution in [0.3, 0.4) is 0 Å². The fourth-order valence-electron chi connectivity index (χ4n) is 1.65. The van der Waals surface area contributed by atoms with Crippen molar-refractivity contribution in [1.82, 2.24) is 15.3 Å². The van der Waals surface area contributed by atoms with E-state index in [9.17, 15) is 4.79 Å². The molecule has 2 heterocycles. The Kier molecular flexibility index (Phi) is 4.89. The van der Waals surface area contributed by atoms with E-state index >= 15 is 0 Å². The van der Waals surface area contributed by atoms with Crippen molar-refractivity contribution in [1.29, 1.82) is 0 Å². The van der Waals surface area contributed by atoms with E-state index in [1.165, 1.54) is 11.3 Å². The van der Waals surface area contributed by atoms with Crippen molar-refractivity contribution in [3.05, 3.63) is 39.4 Å². The van der Waals surface area contributed by atoms with Gasteiger partial charge in [-0.2, -0.15) is 0 Å². The van der Waals surface area contributed by atoms with Gasteiger partial charge in [0, 0.05) is 11.6 Å². The number of hydrogen-bond donors (Lipinski definition) is 3. The summed E-state index contributed by atoms with van der Waals surface area (Å²) >= 11 is 7.49. The Bertz CT molecular complexity index is 590. The molecule has 0 spiro atoms. The minimum absolute atomic E-state index is 0.136. The third kappa shape index (κ3) is 3.24. The zero-order chi connectivity index (χ0) is 14.5. The molecule has 0 aliphatic carbocycles. The smallest absolute Gasteiger partial charge is 0.272 e. The lowest BCUT2D eigenvalue weighted by Crippen LogP contribution is -2.29. The molecule has 1 unspecified atom stereocenters. The second-order valence-electron chi connectivity index (χ2n) is 3.98. The normalized spacial score (nSPS) is 11.9. The van der Waals surface area contributed by atoms with E-state index in [1.54, 1.807) is 18.3 Å². The van der Waals surface area contributed by atoms with E-state index in [2.05, 4.69) is 20.7 Å². The summed E-state index contributed by atoms with van der Waals surface area (Å²) < 4.78 is 0. The first-order valence-corrected chi connectivity index (χ1v) is 7.24. The number of carbonyl (C=O) groups excluding carboxylic acids is 1. The van der Waals surface area contributed by atoms with Crippen LogP contribution in [-0.2, 0) is 0 Å². The number of nitrogens with two attached hydrogens (primary N) is 1. The molecule has 2 aromatic heterocycles. The minimum atomic E-state index is -0.353. The van der Waals surface area contributed by atoms with Gasteiger partial charge in [0.25, 0.3) is 5.91 Å². The van der Waals surface area contributed by atoms with Crippen LogP contribution >= 0.6 is 22.9 Å². The summed E-state index contributed by atoms with van der Waals surface area (Å²) in [6, 6.07) is 3.01. The Morgan fingerprint density at radius 1 is 1.55 bits per heavy atom. The lowest BCUT2D eigenvalue weighted by atomic mass is 10.2. The largest absolute Gasteiger partial charge is 0.341 e. The Morgan fingerprint density at radius 3 is 2.95 bits per heavy atom. The van der Waals surface area contributed by atoms with Gasteiger partial charge in [-0.05, 0) is 18.6 Å². The topological polar surface area (TPSA) is 92.9 Å². The van der Waals surface area contributed by atoms with E-state index in [4.69, 9.17) is 17.4 Å². The molecule has 0 bridgehead atoms. The van der Waals surface area contributed by atoms with E-state index < -0.39 is 0 Å². The number of hydrazine groups is 1. The van der Waals surface area contributed by atoms with Crippen molar-refractivity contribution in [3.8, 4) is 0 Å². The van der Waals surface area contributed by atoms with Crippen LogP contribution < -0.4 is 16.6 Å². The van der Waals surface area contributed by atoms with Crippen LogP contribution in [0.2, 0.25) is 5.02 Å². The monoisotopic (exact) mass is 311 g/mol. The minimum Gasteiger partial charge on any atom is -0.341 e. The van der Waals surface area contributed by atoms with E-state index in [0.29, 0.717) is 5.82 Å². The fourth-order valence-corrected chi connectivity index (χ4v) is 2.62. The number of amides is 1. The second-order valence-corrected chi connectivity index (χ2v) is 5.31. The molecule has 0 saturated carbocycles. The molecule has 0 radical (unpaired) electrons. The number of nitrogens with one attached hydrogen (secondary N) is 2. The Labute approximate surface area is 125 Å². The fraction of sp³-hybridized carbons (Fsp3) is 0.250. The van der Waals surface area contributed by atoms with Crippen molar-refractivity contribution in [2.45, 2.75) is 19.4 Å². The van der Waals surface area contributed by atoms with Crippen molar-refractivity contribution < 1.29 is 4.79 Å². The maximum absolute atomic E-state index is 12.2. The number of hydrogen-bond acceptors (Lipinski definition) is 6. The molecule has 0 saturated heterocycles. The highest BCUT2D eigenvalue weighted by molar-refractivity contribution is 7.09. The van der Waals surface area contributed by atoms with Gasteiger partial charge in [0.15, 0.2) is 0 Å². The highest BCUT2D eigenvalue weighted by Crippen LogP contribution is 2.21. The molecule has 8 heteroatoms. The third-order valence-electron chi connectivity index (χ3n) is 2.67. The molecule has 4 N–H and O–H groups in total. The highest BCUT2D eigenvalue weighted by atomic mass is 35.5. The predicted molar refractivity (Wildman–Crippen MR) is 79.7 cm³/mol. The van der Waals surface area contributed by atoms with Gasteiger partial charge in [0.1, 0.15) is 16.5 Å². The average Bonchev–Trinajstić information content (AvgIpc) is 2.99. The first kappa shape index (κ1) is 14.7. The van der Waals surface area contributed by atoms with Gasteiger partial charge in [-0.1, -0.05) is 18.5 Å². The molecule has 0 aliphatic rings. The number of halogens is 1. The highest BCUT2D eigenvalue weighted by Gasteiger charge is 2.19. The van der Waals surface area contributed by atoms with Crippen molar-refractivity contribution >= 4 is 34.7 Å². The van der Waals surface area contributed by atoms with Gasteiger partial charge in [-0.3, -0.25) is 4.79 Å². The molecule has 20 heavy (non-hydrogen) atoms. The van der Waals surface area contributed by atoms with Crippen molar-refractivity contribution in [2.24, 2.45) is 5.84 Å². The van der Waals surface area contributed by atoms with Gasteiger partial charge < -0.3 is 10.7 Å². The van der Waals surface area contributed by atoms with Crippen LogP contribution in [0.4, 0.5) is 5.82 Å². The SMILES string of the molecule is CCC(NC(=O)c1nc(NN)ccc1Cl)c1nccs1. The molecule has 1 atom stereocenters. The number of aromatic nitrogens is 2. The Morgan fingerprint density at radius 2 is 2.35 bits per heavy atom. The summed E-state index contributed by atoms with van der Waals surface area (Å²) in [7, 11) is 0. The number of pyridine rings is 1. The van der Waals surface area contributed by atoms with Gasteiger partial charge in [0.2, 0.25) is 0 Å². The predicted octanol–water partition coefficient (Wildman–Crippen LogP) is 2.36. The molecular formula is C12H14ClN5OS. The zero-order valence-electron chi connectivity index (χ0n) is 10.8. The molecule has 106 valence electrons. The molecule has 0 aliphatic heterocycles. The number of thiazole rings is 1. The molecule has 2 rings (SSSR count). The lowest BCUT2D eigenvalue weighted by Gasteiger charge is -2.15. The lowest BCUT2D eigenvalue weighted by molar-refractivity contribution is 0.0930. The number of rotatable bonds is 5.